The number of benzene rings is 1. The third kappa shape index (κ3) is 1.97. The molecule has 0 radical (unpaired) electrons. The Hall–Kier alpha value is -1.69. The Kier molecular flexibility index (Phi) is 2.98. The zero-order valence-corrected chi connectivity index (χ0v) is 8.21. The number of rotatable bonds is 2. The van der Waals surface area contributed by atoms with Crippen molar-refractivity contribution in [3.05, 3.63) is 29.1 Å². The molecule has 0 atom stereocenters. The van der Waals surface area contributed by atoms with Gasteiger partial charge in [0, 0.05) is 13.1 Å². The summed E-state index contributed by atoms with van der Waals surface area (Å²) in [5.74, 6) is -0.900. The summed E-state index contributed by atoms with van der Waals surface area (Å²) >= 11 is 0. The molecule has 0 saturated carbocycles. The van der Waals surface area contributed by atoms with Gasteiger partial charge in [0.25, 0.3) is 0 Å². The van der Waals surface area contributed by atoms with Crippen LogP contribution in [0.3, 0.4) is 0 Å². The molecule has 0 heterocycles. The van der Waals surface area contributed by atoms with E-state index in [9.17, 15) is 4.39 Å². The Morgan fingerprint density at radius 3 is 2.79 bits per heavy atom. The second kappa shape index (κ2) is 4.01. The average Bonchev–Trinajstić information content (AvgIpc) is 2.19. The topological polar surface area (TPSA) is 23.5 Å². The van der Waals surface area contributed by atoms with Gasteiger partial charge in [-0.2, -0.15) is 0 Å². The number of hydrogen-bond acceptors (Lipinski definition) is 2. The van der Waals surface area contributed by atoms with Gasteiger partial charge in [-0.05, 0) is 24.1 Å². The minimum absolute atomic E-state index is 0.324. The minimum atomic E-state index is -0.576. The summed E-state index contributed by atoms with van der Waals surface area (Å²) in [6.45, 7) is 2.09. The number of phenols is 1. The van der Waals surface area contributed by atoms with Crippen molar-refractivity contribution in [3.8, 4) is 18.2 Å². The normalized spacial score (nSPS) is 9.57. The molecule has 0 aromatic heterocycles. The molecule has 3 heteroatoms. The first-order valence-corrected chi connectivity index (χ1v) is 4.20. The maximum Gasteiger partial charge on any atom is 0.168 e. The molecule has 74 valence electrons. The highest BCUT2D eigenvalue weighted by molar-refractivity contribution is 5.36. The second-order valence-corrected chi connectivity index (χ2v) is 3.17. The Morgan fingerprint density at radius 2 is 2.21 bits per heavy atom. The van der Waals surface area contributed by atoms with Crippen LogP contribution in [0.1, 0.15) is 11.1 Å². The number of hydrogen-bond donors (Lipinski definition) is 1. The van der Waals surface area contributed by atoms with E-state index in [1.165, 1.54) is 6.07 Å². The summed E-state index contributed by atoms with van der Waals surface area (Å²) in [5, 5.41) is 9.09. The number of aromatic hydroxyl groups is 1. The third-order valence-corrected chi connectivity index (χ3v) is 2.11. The van der Waals surface area contributed by atoms with Crippen molar-refractivity contribution in [2.45, 2.75) is 13.5 Å². The second-order valence-electron chi connectivity index (χ2n) is 3.17. The van der Waals surface area contributed by atoms with Gasteiger partial charge in [0.05, 0.1) is 6.54 Å². The van der Waals surface area contributed by atoms with E-state index < -0.39 is 5.82 Å². The Bertz CT molecular complexity index is 382. The van der Waals surface area contributed by atoms with Crippen LogP contribution in [-0.4, -0.2) is 17.1 Å². The molecule has 2 nitrogen and oxygen atoms in total. The highest BCUT2D eigenvalue weighted by atomic mass is 19.1. The van der Waals surface area contributed by atoms with E-state index in [2.05, 4.69) is 6.04 Å². The van der Waals surface area contributed by atoms with E-state index in [0.29, 0.717) is 12.1 Å². The van der Waals surface area contributed by atoms with Crippen LogP contribution in [0, 0.1) is 25.2 Å². The fraction of sp³-hybridized carbons (Fsp3) is 0.273. The Morgan fingerprint density at radius 1 is 1.57 bits per heavy atom. The molecule has 0 spiro atoms. The molecule has 1 N–H and O–H groups in total. The van der Waals surface area contributed by atoms with E-state index >= 15 is 0 Å². The van der Waals surface area contributed by atoms with Crippen molar-refractivity contribution in [1.82, 2.24) is 4.90 Å². The van der Waals surface area contributed by atoms with Crippen LogP contribution in [0.25, 0.3) is 0 Å². The van der Waals surface area contributed by atoms with Gasteiger partial charge in [-0.1, -0.05) is 12.5 Å². The van der Waals surface area contributed by atoms with Crippen LogP contribution < -0.4 is 0 Å². The van der Waals surface area contributed by atoms with Crippen LogP contribution >= 0.6 is 0 Å². The van der Waals surface area contributed by atoms with Gasteiger partial charge in [-0.25, -0.2) is 4.39 Å². The molecule has 0 saturated heterocycles. The van der Waals surface area contributed by atoms with Crippen LogP contribution in [0.2, 0.25) is 0 Å². The molecular formula is C11H12FNO. The highest BCUT2D eigenvalue weighted by Gasteiger charge is 2.09. The monoisotopic (exact) mass is 193 g/mol. The lowest BCUT2D eigenvalue weighted by atomic mass is 10.1. The quantitative estimate of drug-likeness (QED) is 0.572. The van der Waals surface area contributed by atoms with Gasteiger partial charge in [-0.3, -0.25) is 0 Å². The largest absolute Gasteiger partial charge is 0.505 e. The van der Waals surface area contributed by atoms with Crippen molar-refractivity contribution in [2.24, 2.45) is 0 Å². The molecule has 0 aliphatic carbocycles. The van der Waals surface area contributed by atoms with Crippen molar-refractivity contribution >= 4 is 0 Å². The van der Waals surface area contributed by atoms with Crippen molar-refractivity contribution in [1.29, 1.82) is 0 Å². The standard InChI is InChI=1S/C11H12FNO/c1-4-13(3)7-9-5-6-10(14)11(12)8(9)2/h1,5-6,14H,7H2,2-3H3. The third-order valence-electron chi connectivity index (χ3n) is 2.11. The number of terminal acetylenes is 1. The van der Waals surface area contributed by atoms with Crippen molar-refractivity contribution < 1.29 is 9.50 Å². The SMILES string of the molecule is C#CN(C)Cc1ccc(O)c(F)c1C. The molecule has 0 unspecified atom stereocenters. The van der Waals surface area contributed by atoms with Crippen molar-refractivity contribution in [2.75, 3.05) is 7.05 Å². The lowest BCUT2D eigenvalue weighted by molar-refractivity contribution is 0.425. The van der Waals surface area contributed by atoms with Gasteiger partial charge in [0.15, 0.2) is 11.6 Å². The lowest BCUT2D eigenvalue weighted by Crippen LogP contribution is -2.11. The fourth-order valence-corrected chi connectivity index (χ4v) is 1.18. The van der Waals surface area contributed by atoms with Crippen LogP contribution in [0.4, 0.5) is 4.39 Å². The number of nitrogens with zero attached hydrogens (tertiary/aromatic N) is 1. The van der Waals surface area contributed by atoms with Crippen LogP contribution in [0.15, 0.2) is 12.1 Å². The first-order valence-electron chi connectivity index (χ1n) is 4.20. The molecule has 0 aliphatic rings. The molecule has 14 heavy (non-hydrogen) atoms. The first kappa shape index (κ1) is 10.4. The van der Waals surface area contributed by atoms with Crippen LogP contribution in [0.5, 0.6) is 5.75 Å². The predicted molar refractivity (Wildman–Crippen MR) is 53.1 cm³/mol. The van der Waals surface area contributed by atoms with Gasteiger partial charge in [0.2, 0.25) is 0 Å². The maximum atomic E-state index is 13.2. The minimum Gasteiger partial charge on any atom is -0.505 e. The number of phenolic OH excluding ortho intramolecular Hbond substituents is 1. The maximum absolute atomic E-state index is 13.2. The summed E-state index contributed by atoms with van der Waals surface area (Å²) in [6.07, 6.45) is 5.17. The van der Waals surface area contributed by atoms with Gasteiger partial charge >= 0.3 is 0 Å². The molecule has 0 amide bonds. The predicted octanol–water partition coefficient (Wildman–Crippen LogP) is 1.86. The Balaban J connectivity index is 3.01. The van der Waals surface area contributed by atoms with Gasteiger partial charge in [0.1, 0.15) is 0 Å². The smallest absolute Gasteiger partial charge is 0.168 e. The summed E-state index contributed by atoms with van der Waals surface area (Å²) in [5.41, 5.74) is 1.22. The summed E-state index contributed by atoms with van der Waals surface area (Å²) in [7, 11) is 1.74. The summed E-state index contributed by atoms with van der Waals surface area (Å²) in [4.78, 5) is 1.61. The molecule has 0 bridgehead atoms. The van der Waals surface area contributed by atoms with E-state index in [4.69, 9.17) is 11.5 Å². The van der Waals surface area contributed by atoms with Gasteiger partial charge in [-0.15, -0.1) is 0 Å². The molecule has 1 rings (SSSR count). The molecule has 0 fully saturated rings. The highest BCUT2D eigenvalue weighted by Crippen LogP contribution is 2.22. The zero-order chi connectivity index (χ0) is 10.7. The van der Waals surface area contributed by atoms with Crippen molar-refractivity contribution in [3.63, 3.8) is 0 Å². The van der Waals surface area contributed by atoms with E-state index in [1.54, 1.807) is 24.9 Å². The zero-order valence-electron chi connectivity index (χ0n) is 8.21. The summed E-state index contributed by atoms with van der Waals surface area (Å²) < 4.78 is 13.2. The van der Waals surface area contributed by atoms with E-state index in [-0.39, 0.29) is 5.75 Å². The lowest BCUT2D eigenvalue weighted by Gasteiger charge is -2.13. The van der Waals surface area contributed by atoms with Gasteiger partial charge < -0.3 is 10.0 Å². The Labute approximate surface area is 83.0 Å². The van der Waals surface area contributed by atoms with E-state index in [1.807, 2.05) is 0 Å². The molecule has 1 aromatic rings. The molecule has 1 aromatic carbocycles. The first-order chi connectivity index (χ1) is 6.56. The summed E-state index contributed by atoms with van der Waals surface area (Å²) in [6, 6.07) is 5.43. The molecule has 0 aliphatic heterocycles. The molecular weight excluding hydrogens is 181 g/mol. The van der Waals surface area contributed by atoms with E-state index in [0.717, 1.165) is 5.56 Å². The number of halogens is 1. The van der Waals surface area contributed by atoms with Crippen LogP contribution in [-0.2, 0) is 6.54 Å². The average molecular weight is 193 g/mol. The fourth-order valence-electron chi connectivity index (χ4n) is 1.18.